The quantitative estimate of drug-likeness (QED) is 0.672. The Hall–Kier alpha value is -1.80. The van der Waals surface area contributed by atoms with Crippen LogP contribution in [0.2, 0.25) is 0 Å². The number of fused-ring (bicyclic) bond motifs is 8. The van der Waals surface area contributed by atoms with Crippen LogP contribution >= 0.6 is 0 Å². The van der Waals surface area contributed by atoms with E-state index in [0.717, 1.165) is 17.9 Å². The van der Waals surface area contributed by atoms with Gasteiger partial charge in [0, 0.05) is 34.4 Å². The second kappa shape index (κ2) is 5.13. The average Bonchev–Trinajstić information content (AvgIpc) is 3.38. The molecule has 2 heteroatoms. The van der Waals surface area contributed by atoms with Gasteiger partial charge < -0.3 is 4.98 Å². The molecule has 26 heavy (non-hydrogen) atoms. The van der Waals surface area contributed by atoms with E-state index < -0.39 is 0 Å². The Balaban J connectivity index is 1.57. The van der Waals surface area contributed by atoms with Gasteiger partial charge in [0.2, 0.25) is 0 Å². The molecule has 2 fully saturated rings. The Bertz CT molecular complexity index is 1010. The summed E-state index contributed by atoms with van der Waals surface area (Å²) in [5.74, 6) is 1.71. The molecule has 2 nitrogen and oxygen atoms in total. The molecule has 1 saturated heterocycles. The maximum absolute atomic E-state index is 3.67. The topological polar surface area (TPSA) is 19.0 Å². The number of H-pyrrole nitrogens is 1. The van der Waals surface area contributed by atoms with Crippen molar-refractivity contribution in [3.63, 3.8) is 0 Å². The zero-order valence-electron chi connectivity index (χ0n) is 15.9. The number of hydrogen-bond donors (Lipinski definition) is 1. The zero-order chi connectivity index (χ0) is 17.5. The van der Waals surface area contributed by atoms with Gasteiger partial charge in [-0.2, -0.15) is 0 Å². The van der Waals surface area contributed by atoms with Crippen molar-refractivity contribution in [1.82, 2.24) is 9.88 Å². The van der Waals surface area contributed by atoms with Gasteiger partial charge in [-0.15, -0.1) is 0 Å². The third-order valence-corrected chi connectivity index (χ3v) is 7.92. The van der Waals surface area contributed by atoms with Gasteiger partial charge in [-0.25, -0.2) is 0 Å². The predicted molar refractivity (Wildman–Crippen MR) is 109 cm³/mol. The van der Waals surface area contributed by atoms with Crippen molar-refractivity contribution in [1.29, 1.82) is 0 Å². The van der Waals surface area contributed by atoms with Crippen LogP contribution in [0.4, 0.5) is 0 Å². The van der Waals surface area contributed by atoms with Crippen LogP contribution in [0.5, 0.6) is 0 Å². The Labute approximate surface area is 155 Å². The summed E-state index contributed by atoms with van der Waals surface area (Å²) in [4.78, 5) is 6.51. The van der Waals surface area contributed by atoms with Gasteiger partial charge in [0.05, 0.1) is 0 Å². The summed E-state index contributed by atoms with van der Waals surface area (Å²) >= 11 is 0. The largest absolute Gasteiger partial charge is 0.355 e. The fourth-order valence-electron chi connectivity index (χ4n) is 6.06. The van der Waals surface area contributed by atoms with Gasteiger partial charge in [0.25, 0.3) is 0 Å². The highest BCUT2D eigenvalue weighted by atomic mass is 15.2. The Kier molecular flexibility index (Phi) is 3.02. The fourth-order valence-corrected chi connectivity index (χ4v) is 6.06. The van der Waals surface area contributed by atoms with E-state index >= 15 is 0 Å². The minimum atomic E-state index is 0.294. The van der Waals surface area contributed by atoms with Gasteiger partial charge >= 0.3 is 0 Å². The number of likely N-dealkylation sites (tertiary alicyclic amines) is 1. The van der Waals surface area contributed by atoms with Crippen LogP contribution in [0.3, 0.4) is 0 Å². The molecule has 0 spiro atoms. The molecule has 134 valence electrons. The van der Waals surface area contributed by atoms with Crippen LogP contribution in [-0.4, -0.2) is 29.0 Å². The number of aromatic nitrogens is 1. The van der Waals surface area contributed by atoms with Crippen LogP contribution in [0.25, 0.3) is 21.8 Å². The van der Waals surface area contributed by atoms with Crippen LogP contribution in [0, 0.1) is 11.8 Å². The number of aromatic amines is 1. The standard InChI is InChI=1S/C24H28N2/c1-15-21-13-17-9-10-20-22(18-5-3-4-6-19(18)25-20)23(17)24(15,2)11-12-26(21)14-16-7-8-16/h3-6,9-10,15-16,21,25H,7-8,11-14H2,1-2H3/t15-,21+,24+/m0/s1. The number of rotatable bonds is 2. The summed E-state index contributed by atoms with van der Waals surface area (Å²) in [5.41, 5.74) is 6.15. The number of hydrogen-bond acceptors (Lipinski definition) is 1. The van der Waals surface area contributed by atoms with Crippen molar-refractivity contribution < 1.29 is 0 Å². The van der Waals surface area contributed by atoms with E-state index in [1.54, 1.807) is 11.1 Å². The van der Waals surface area contributed by atoms with Gasteiger partial charge in [-0.3, -0.25) is 4.90 Å². The van der Waals surface area contributed by atoms with Gasteiger partial charge in [0.1, 0.15) is 0 Å². The summed E-state index contributed by atoms with van der Waals surface area (Å²) in [5, 5.41) is 2.91. The molecule has 1 saturated carbocycles. The molecule has 3 aliphatic rings. The summed E-state index contributed by atoms with van der Waals surface area (Å²) in [6.45, 7) is 7.70. The zero-order valence-corrected chi connectivity index (χ0v) is 15.9. The molecule has 1 aromatic heterocycles. The van der Waals surface area contributed by atoms with Gasteiger partial charge in [-0.1, -0.05) is 38.1 Å². The van der Waals surface area contributed by atoms with Gasteiger partial charge in [-0.05, 0) is 72.7 Å². The molecule has 2 aromatic carbocycles. The first kappa shape index (κ1) is 15.3. The van der Waals surface area contributed by atoms with Crippen molar-refractivity contribution in [2.45, 2.75) is 51.0 Å². The van der Waals surface area contributed by atoms with E-state index in [0.29, 0.717) is 5.41 Å². The smallest absolute Gasteiger partial charge is 0.0468 e. The summed E-state index contributed by atoms with van der Waals surface area (Å²) in [7, 11) is 0. The normalized spacial score (nSPS) is 31.5. The highest BCUT2D eigenvalue weighted by Crippen LogP contribution is 2.52. The number of nitrogens with zero attached hydrogens (tertiary/aromatic N) is 1. The van der Waals surface area contributed by atoms with E-state index in [2.05, 4.69) is 60.1 Å². The highest BCUT2D eigenvalue weighted by Gasteiger charge is 2.49. The van der Waals surface area contributed by atoms with E-state index in [4.69, 9.17) is 0 Å². The van der Waals surface area contributed by atoms with Crippen molar-refractivity contribution in [2.24, 2.45) is 11.8 Å². The second-order valence-corrected chi connectivity index (χ2v) is 9.36. The Morgan fingerprint density at radius 1 is 1.12 bits per heavy atom. The fraction of sp³-hybridized carbons (Fsp3) is 0.500. The van der Waals surface area contributed by atoms with Crippen LogP contribution < -0.4 is 0 Å². The molecule has 3 aromatic rings. The molecule has 6 rings (SSSR count). The van der Waals surface area contributed by atoms with Crippen molar-refractivity contribution >= 4 is 21.8 Å². The second-order valence-electron chi connectivity index (χ2n) is 9.36. The number of piperidine rings is 1. The number of benzene rings is 2. The number of para-hydroxylation sites is 1. The SMILES string of the molecule is C[C@H]1[C@H]2Cc3ccc4[nH]c5ccccc5c4c3[C@]1(C)CCN2CC1CC1. The van der Waals surface area contributed by atoms with E-state index in [1.165, 1.54) is 60.6 Å². The van der Waals surface area contributed by atoms with E-state index in [-0.39, 0.29) is 0 Å². The first-order chi connectivity index (χ1) is 12.6. The molecule has 0 radical (unpaired) electrons. The molecule has 0 unspecified atom stereocenters. The van der Waals surface area contributed by atoms with E-state index in [9.17, 15) is 0 Å². The van der Waals surface area contributed by atoms with Crippen molar-refractivity contribution in [2.75, 3.05) is 13.1 Å². The molecular weight excluding hydrogens is 316 g/mol. The molecule has 2 aliphatic carbocycles. The van der Waals surface area contributed by atoms with Crippen molar-refractivity contribution in [3.05, 3.63) is 47.5 Å². The van der Waals surface area contributed by atoms with Crippen LogP contribution in [-0.2, 0) is 11.8 Å². The lowest BCUT2D eigenvalue weighted by atomic mass is 9.58. The average molecular weight is 345 g/mol. The Morgan fingerprint density at radius 2 is 1.96 bits per heavy atom. The predicted octanol–water partition coefficient (Wildman–Crippen LogP) is 5.26. The summed E-state index contributed by atoms with van der Waals surface area (Å²) in [6, 6.07) is 14.3. The molecule has 0 amide bonds. The van der Waals surface area contributed by atoms with Crippen LogP contribution in [0.15, 0.2) is 36.4 Å². The summed E-state index contributed by atoms with van der Waals surface area (Å²) < 4.78 is 0. The molecular formula is C24H28N2. The number of nitrogens with one attached hydrogen (secondary N) is 1. The summed E-state index contributed by atoms with van der Waals surface area (Å²) in [6.07, 6.45) is 5.44. The van der Waals surface area contributed by atoms with Crippen LogP contribution in [0.1, 0.15) is 44.2 Å². The Morgan fingerprint density at radius 3 is 2.81 bits per heavy atom. The third kappa shape index (κ3) is 1.97. The molecule has 1 aliphatic heterocycles. The van der Waals surface area contributed by atoms with Crippen molar-refractivity contribution in [3.8, 4) is 0 Å². The lowest BCUT2D eigenvalue weighted by Crippen LogP contribution is -2.58. The first-order valence-electron chi connectivity index (χ1n) is 10.4. The van der Waals surface area contributed by atoms with E-state index in [1.807, 2.05) is 0 Å². The highest BCUT2D eigenvalue weighted by molar-refractivity contribution is 6.09. The monoisotopic (exact) mass is 344 g/mol. The molecule has 2 bridgehead atoms. The lowest BCUT2D eigenvalue weighted by molar-refractivity contribution is 0.0293. The molecule has 1 N–H and O–H groups in total. The maximum atomic E-state index is 3.67. The van der Waals surface area contributed by atoms with Gasteiger partial charge in [0.15, 0.2) is 0 Å². The lowest BCUT2D eigenvalue weighted by Gasteiger charge is -2.55. The maximum Gasteiger partial charge on any atom is 0.0468 e. The molecule has 2 heterocycles. The minimum Gasteiger partial charge on any atom is -0.355 e. The first-order valence-corrected chi connectivity index (χ1v) is 10.4. The minimum absolute atomic E-state index is 0.294. The molecule has 3 atom stereocenters. The third-order valence-electron chi connectivity index (χ3n) is 7.92.